The van der Waals surface area contributed by atoms with E-state index in [0.29, 0.717) is 0 Å². The Morgan fingerprint density at radius 2 is 1.79 bits per heavy atom. The van der Waals surface area contributed by atoms with Gasteiger partial charge in [0, 0.05) is 0 Å². The fraction of sp³-hybridized carbons (Fsp3) is 0.846. The molecule has 0 unspecified atom stereocenters. The van der Waals surface area contributed by atoms with E-state index in [1.807, 2.05) is 6.08 Å². The van der Waals surface area contributed by atoms with Crippen molar-refractivity contribution in [3.8, 4) is 0 Å². The summed E-state index contributed by atoms with van der Waals surface area (Å²) < 4.78 is 0. The van der Waals surface area contributed by atoms with Crippen molar-refractivity contribution < 1.29 is 5.11 Å². The molecule has 1 heteroatoms. The van der Waals surface area contributed by atoms with E-state index in [4.69, 9.17) is 0 Å². The summed E-state index contributed by atoms with van der Waals surface area (Å²) in [6.07, 6.45) is 10.0. The molecule has 1 N–H and O–H groups in total. The molecule has 0 spiro atoms. The van der Waals surface area contributed by atoms with Gasteiger partial charge in [0.2, 0.25) is 0 Å². The van der Waals surface area contributed by atoms with Crippen LogP contribution in [0.3, 0.4) is 0 Å². The molecule has 0 saturated carbocycles. The largest absolute Gasteiger partial charge is 0.388 e. The van der Waals surface area contributed by atoms with E-state index >= 15 is 0 Å². The van der Waals surface area contributed by atoms with Gasteiger partial charge >= 0.3 is 0 Å². The SMILES string of the molecule is CCCCCC/C=C/[C@H](O)C(C)(C)C. The second kappa shape index (κ2) is 7.05. The molecule has 0 aliphatic rings. The second-order valence-corrected chi connectivity index (χ2v) is 5.09. The molecule has 0 fully saturated rings. The Kier molecular flexibility index (Phi) is 6.90. The van der Waals surface area contributed by atoms with Gasteiger partial charge in [-0.2, -0.15) is 0 Å². The maximum atomic E-state index is 9.70. The highest BCUT2D eigenvalue weighted by molar-refractivity contribution is 4.94. The van der Waals surface area contributed by atoms with Crippen LogP contribution in [-0.4, -0.2) is 11.2 Å². The van der Waals surface area contributed by atoms with Gasteiger partial charge < -0.3 is 5.11 Å². The lowest BCUT2D eigenvalue weighted by Crippen LogP contribution is -2.23. The molecule has 0 aromatic carbocycles. The molecule has 14 heavy (non-hydrogen) atoms. The van der Waals surface area contributed by atoms with Gasteiger partial charge in [-0.25, -0.2) is 0 Å². The average molecular weight is 198 g/mol. The van der Waals surface area contributed by atoms with Crippen molar-refractivity contribution >= 4 is 0 Å². The quantitative estimate of drug-likeness (QED) is 0.506. The molecule has 0 rings (SSSR count). The van der Waals surface area contributed by atoms with Gasteiger partial charge in [0.15, 0.2) is 0 Å². The minimum absolute atomic E-state index is 0.0279. The number of allylic oxidation sites excluding steroid dienone is 1. The van der Waals surface area contributed by atoms with Gasteiger partial charge in [0.25, 0.3) is 0 Å². The molecular weight excluding hydrogens is 172 g/mol. The molecular formula is C13H26O. The zero-order valence-electron chi connectivity index (χ0n) is 10.2. The summed E-state index contributed by atoms with van der Waals surface area (Å²) in [4.78, 5) is 0. The number of aliphatic hydroxyl groups excluding tert-OH is 1. The average Bonchev–Trinajstić information content (AvgIpc) is 2.09. The smallest absolute Gasteiger partial charge is 0.0769 e. The first kappa shape index (κ1) is 13.7. The zero-order chi connectivity index (χ0) is 11.0. The number of unbranched alkanes of at least 4 members (excludes halogenated alkanes) is 4. The highest BCUT2D eigenvalue weighted by Gasteiger charge is 2.18. The summed E-state index contributed by atoms with van der Waals surface area (Å²) in [6.45, 7) is 8.39. The summed E-state index contributed by atoms with van der Waals surface area (Å²) in [7, 11) is 0. The third kappa shape index (κ3) is 7.14. The third-order valence-electron chi connectivity index (χ3n) is 2.43. The van der Waals surface area contributed by atoms with Crippen LogP contribution in [0, 0.1) is 5.41 Å². The van der Waals surface area contributed by atoms with Crippen molar-refractivity contribution in [2.24, 2.45) is 5.41 Å². The van der Waals surface area contributed by atoms with E-state index in [0.717, 1.165) is 6.42 Å². The fourth-order valence-electron chi connectivity index (χ4n) is 1.20. The van der Waals surface area contributed by atoms with Crippen molar-refractivity contribution in [2.75, 3.05) is 0 Å². The van der Waals surface area contributed by atoms with Crippen LogP contribution in [0.1, 0.15) is 59.8 Å². The molecule has 0 heterocycles. The lowest BCUT2D eigenvalue weighted by atomic mass is 9.89. The molecule has 1 atom stereocenters. The molecule has 84 valence electrons. The summed E-state index contributed by atoms with van der Waals surface area (Å²) in [5, 5.41) is 9.70. The van der Waals surface area contributed by atoms with Gasteiger partial charge in [-0.05, 0) is 18.3 Å². The van der Waals surface area contributed by atoms with Crippen molar-refractivity contribution in [3.63, 3.8) is 0 Å². The van der Waals surface area contributed by atoms with E-state index in [1.54, 1.807) is 0 Å². The van der Waals surface area contributed by atoms with Crippen molar-refractivity contribution in [3.05, 3.63) is 12.2 Å². The summed E-state index contributed by atoms with van der Waals surface area (Å²) >= 11 is 0. The highest BCUT2D eigenvalue weighted by Crippen LogP contribution is 2.20. The lowest BCUT2D eigenvalue weighted by Gasteiger charge is -2.22. The molecule has 0 radical (unpaired) electrons. The number of hydrogen-bond acceptors (Lipinski definition) is 1. The third-order valence-corrected chi connectivity index (χ3v) is 2.43. The van der Waals surface area contributed by atoms with E-state index in [-0.39, 0.29) is 11.5 Å². The predicted octanol–water partition coefficient (Wildman–Crippen LogP) is 3.92. The molecule has 0 saturated heterocycles. The van der Waals surface area contributed by atoms with Gasteiger partial charge in [-0.1, -0.05) is 59.1 Å². The minimum atomic E-state index is -0.311. The molecule has 1 nitrogen and oxygen atoms in total. The second-order valence-electron chi connectivity index (χ2n) is 5.09. The maximum absolute atomic E-state index is 9.70. The zero-order valence-corrected chi connectivity index (χ0v) is 10.2. The van der Waals surface area contributed by atoms with Crippen LogP contribution in [0.5, 0.6) is 0 Å². The van der Waals surface area contributed by atoms with Crippen LogP contribution in [0.15, 0.2) is 12.2 Å². The fourth-order valence-corrected chi connectivity index (χ4v) is 1.20. The van der Waals surface area contributed by atoms with Crippen LogP contribution in [0.4, 0.5) is 0 Å². The van der Waals surface area contributed by atoms with Crippen LogP contribution in [-0.2, 0) is 0 Å². The number of hydrogen-bond donors (Lipinski definition) is 1. The van der Waals surface area contributed by atoms with Crippen LogP contribution in [0.25, 0.3) is 0 Å². The van der Waals surface area contributed by atoms with Gasteiger partial charge in [-0.3, -0.25) is 0 Å². The number of aliphatic hydroxyl groups is 1. The molecule has 0 aromatic heterocycles. The van der Waals surface area contributed by atoms with E-state index < -0.39 is 0 Å². The molecule has 0 aromatic rings. The Bertz CT molecular complexity index is 153. The molecule has 0 aliphatic carbocycles. The normalized spacial score (nSPS) is 14.9. The van der Waals surface area contributed by atoms with Gasteiger partial charge in [-0.15, -0.1) is 0 Å². The summed E-state index contributed by atoms with van der Waals surface area (Å²) in [5.74, 6) is 0. The van der Waals surface area contributed by atoms with Crippen LogP contribution < -0.4 is 0 Å². The first-order chi connectivity index (χ1) is 6.48. The predicted molar refractivity (Wildman–Crippen MR) is 63.4 cm³/mol. The highest BCUT2D eigenvalue weighted by atomic mass is 16.3. The van der Waals surface area contributed by atoms with Crippen molar-refractivity contribution in [2.45, 2.75) is 65.9 Å². The van der Waals surface area contributed by atoms with Crippen LogP contribution in [0.2, 0.25) is 0 Å². The van der Waals surface area contributed by atoms with E-state index in [1.165, 1.54) is 25.7 Å². The maximum Gasteiger partial charge on any atom is 0.0769 e. The van der Waals surface area contributed by atoms with E-state index in [2.05, 4.69) is 33.8 Å². The first-order valence-corrected chi connectivity index (χ1v) is 5.83. The number of rotatable bonds is 6. The van der Waals surface area contributed by atoms with Gasteiger partial charge in [0.1, 0.15) is 0 Å². The molecule has 0 aliphatic heterocycles. The standard InChI is InChI=1S/C13H26O/c1-5-6-7-8-9-10-11-12(14)13(2,3)4/h10-12,14H,5-9H2,1-4H3/b11-10+/t12-/m0/s1. The topological polar surface area (TPSA) is 20.2 Å². The Morgan fingerprint density at radius 3 is 2.29 bits per heavy atom. The summed E-state index contributed by atoms with van der Waals surface area (Å²) in [5.41, 5.74) is -0.0279. The monoisotopic (exact) mass is 198 g/mol. The molecule has 0 bridgehead atoms. The first-order valence-electron chi connectivity index (χ1n) is 5.83. The van der Waals surface area contributed by atoms with Crippen LogP contribution >= 0.6 is 0 Å². The van der Waals surface area contributed by atoms with E-state index in [9.17, 15) is 5.11 Å². The minimum Gasteiger partial charge on any atom is -0.388 e. The Labute approximate surface area is 89.2 Å². The Balaban J connectivity index is 3.53. The summed E-state index contributed by atoms with van der Waals surface area (Å²) in [6, 6.07) is 0. The van der Waals surface area contributed by atoms with Crippen molar-refractivity contribution in [1.29, 1.82) is 0 Å². The Hall–Kier alpha value is -0.300. The molecule has 0 amide bonds. The lowest BCUT2D eigenvalue weighted by molar-refractivity contribution is 0.105. The Morgan fingerprint density at radius 1 is 1.14 bits per heavy atom. The van der Waals surface area contributed by atoms with Crippen molar-refractivity contribution in [1.82, 2.24) is 0 Å². The van der Waals surface area contributed by atoms with Gasteiger partial charge in [0.05, 0.1) is 6.10 Å².